The molecule has 2 saturated heterocycles. The third-order valence-electron chi connectivity index (χ3n) is 12.6. The van der Waals surface area contributed by atoms with Crippen LogP contribution in [-0.2, 0) is 23.7 Å². The van der Waals surface area contributed by atoms with Crippen LogP contribution in [-0.4, -0.2) is 161 Å². The molecule has 2 aliphatic rings. The van der Waals surface area contributed by atoms with Crippen LogP contribution in [0, 0.1) is 0 Å². The maximum atomic E-state index is 10.8. The number of nitrogens with zero attached hydrogens (tertiary/aromatic N) is 1. The minimum absolute atomic E-state index is 0. The fourth-order valence-corrected chi connectivity index (χ4v) is 8.54. The van der Waals surface area contributed by atoms with E-state index in [0.29, 0.717) is 17.6 Å². The number of unbranched alkanes of at least 4 members (excludes halogenated alkanes) is 23. The van der Waals surface area contributed by atoms with Crippen molar-refractivity contribution in [3.8, 4) is 0 Å². The summed E-state index contributed by atoms with van der Waals surface area (Å²) < 4.78 is 29.4. The van der Waals surface area contributed by atoms with E-state index in [-0.39, 0.29) is 32.2 Å². The highest BCUT2D eigenvalue weighted by Crippen LogP contribution is 2.27. The summed E-state index contributed by atoms with van der Waals surface area (Å²) in [4.78, 5) is 0. The Bertz CT molecular complexity index is 1080. The molecule has 0 amide bonds. The van der Waals surface area contributed by atoms with Gasteiger partial charge in [0.05, 0.1) is 40.5 Å². The van der Waals surface area contributed by atoms with E-state index >= 15 is 0 Å². The lowest BCUT2D eigenvalue weighted by atomic mass is 9.98. The summed E-state index contributed by atoms with van der Waals surface area (Å²) in [7, 11) is 4.19. The Morgan fingerprint density at radius 1 is 0.492 bits per heavy atom. The predicted octanol–water partition coefficient (Wildman–Crippen LogP) is 3.83. The van der Waals surface area contributed by atoms with Crippen molar-refractivity contribution in [2.45, 2.75) is 248 Å². The molecule has 0 saturated carbocycles. The van der Waals surface area contributed by atoms with Crippen molar-refractivity contribution in [1.29, 1.82) is 0 Å². The first kappa shape index (κ1) is 60.5. The maximum absolute atomic E-state index is 10.8. The van der Waals surface area contributed by atoms with Gasteiger partial charge in [0, 0.05) is 6.61 Å². The normalized spacial score (nSPS) is 27.2. The second kappa shape index (κ2) is 37.5. The van der Waals surface area contributed by atoms with Crippen LogP contribution in [0.25, 0.3) is 0 Å². The van der Waals surface area contributed by atoms with Gasteiger partial charge in [-0.05, 0) is 44.9 Å². The summed E-state index contributed by atoms with van der Waals surface area (Å²) in [6, 6.07) is 0. The third kappa shape index (κ3) is 27.2. The Labute approximate surface area is 389 Å². The number of halogens is 1. The van der Waals surface area contributed by atoms with Gasteiger partial charge in [0.1, 0.15) is 61.5 Å². The van der Waals surface area contributed by atoms with Gasteiger partial charge in [-0.1, -0.05) is 148 Å². The molecule has 0 spiro atoms. The first-order valence-corrected chi connectivity index (χ1v) is 25.3. The minimum atomic E-state index is -1.63. The Hall–Kier alpha value is -0.490. The number of allylic oxidation sites excluding steroid dienone is 2. The second-order valence-corrected chi connectivity index (χ2v) is 19.1. The highest BCUT2D eigenvalue weighted by atomic mass is 35.5. The van der Waals surface area contributed by atoms with E-state index in [1.165, 1.54) is 128 Å². The molecule has 2 heterocycles. The van der Waals surface area contributed by atoms with Crippen molar-refractivity contribution in [3.63, 3.8) is 0 Å². The number of hydrogen-bond donors (Lipinski definition) is 7. The van der Waals surface area contributed by atoms with Crippen molar-refractivity contribution >= 4 is 0 Å². The lowest BCUT2D eigenvalue weighted by Crippen LogP contribution is -3.00. The first-order chi connectivity index (χ1) is 29.9. The number of likely N-dealkylation sites (N-methyl/N-ethyl adjacent to an activating group) is 1. The summed E-state index contributed by atoms with van der Waals surface area (Å²) >= 11 is 0. The van der Waals surface area contributed by atoms with Crippen molar-refractivity contribution in [3.05, 3.63) is 12.2 Å². The molecule has 14 heteroatoms. The van der Waals surface area contributed by atoms with Crippen molar-refractivity contribution in [1.82, 2.24) is 0 Å². The monoisotopic (exact) mass is 926 g/mol. The van der Waals surface area contributed by atoms with Crippen LogP contribution in [0.3, 0.4) is 0 Å². The number of aliphatic hydroxyl groups excluding tert-OH is 7. The van der Waals surface area contributed by atoms with Gasteiger partial charge >= 0.3 is 0 Å². The zero-order valence-electron chi connectivity index (χ0n) is 40.1. The predicted molar refractivity (Wildman–Crippen MR) is 244 cm³/mol. The number of quaternary nitrogens is 1. The number of rotatable bonds is 39. The average Bonchev–Trinajstić information content (AvgIpc) is 3.24. The van der Waals surface area contributed by atoms with Crippen LogP contribution in [0.4, 0.5) is 0 Å². The molecule has 2 fully saturated rings. The number of hydrogen-bond acceptors (Lipinski definition) is 12. The molecule has 0 radical (unpaired) electrons. The quantitative estimate of drug-likeness (QED) is 0.0269. The van der Waals surface area contributed by atoms with E-state index in [2.05, 4.69) is 40.1 Å². The van der Waals surface area contributed by atoms with Crippen LogP contribution >= 0.6 is 0 Å². The van der Waals surface area contributed by atoms with E-state index in [4.69, 9.17) is 23.7 Å². The molecular formula is C49H96ClNO12. The summed E-state index contributed by atoms with van der Waals surface area (Å²) in [6.07, 6.45) is 21.9. The lowest BCUT2D eigenvalue weighted by Gasteiger charge is -2.43. The van der Waals surface area contributed by atoms with Crippen molar-refractivity contribution < 1.29 is 76.3 Å². The van der Waals surface area contributed by atoms with Crippen molar-refractivity contribution in [2.24, 2.45) is 0 Å². The van der Waals surface area contributed by atoms with Crippen LogP contribution < -0.4 is 12.4 Å². The summed E-state index contributed by atoms with van der Waals surface area (Å²) in [5, 5.41) is 74.4. The number of ether oxygens (including phenoxy) is 5. The van der Waals surface area contributed by atoms with Crippen LogP contribution in [0.2, 0.25) is 0 Å². The topological polar surface area (TPSA) is 188 Å². The lowest BCUT2D eigenvalue weighted by molar-refractivity contribution is -0.893. The molecule has 7 N–H and O–H groups in total. The largest absolute Gasteiger partial charge is 1.00 e. The molecule has 0 aromatic carbocycles. The minimum Gasteiger partial charge on any atom is -1.00 e. The second-order valence-electron chi connectivity index (χ2n) is 19.1. The van der Waals surface area contributed by atoms with E-state index in [1.54, 1.807) is 0 Å². The van der Waals surface area contributed by atoms with Gasteiger partial charge in [-0.2, -0.15) is 0 Å². The molecule has 0 aromatic heterocycles. The third-order valence-corrected chi connectivity index (χ3v) is 12.6. The van der Waals surface area contributed by atoms with Gasteiger partial charge in [-0.15, -0.1) is 0 Å². The van der Waals surface area contributed by atoms with Gasteiger partial charge in [0.15, 0.2) is 12.6 Å². The summed E-state index contributed by atoms with van der Waals surface area (Å²) in [5.41, 5.74) is 0. The van der Waals surface area contributed by atoms with Gasteiger partial charge < -0.3 is 76.3 Å². The first-order valence-electron chi connectivity index (χ1n) is 25.3. The van der Waals surface area contributed by atoms with Gasteiger partial charge in [-0.3, -0.25) is 0 Å². The fraction of sp³-hybridized carbons (Fsp3) is 0.959. The maximum Gasteiger partial charge on any atom is 0.186 e. The molecule has 1 unspecified atom stereocenters. The molecule has 11 atom stereocenters. The summed E-state index contributed by atoms with van der Waals surface area (Å²) in [5.74, 6) is 0. The Kier molecular flexibility index (Phi) is 36.0. The van der Waals surface area contributed by atoms with E-state index in [0.717, 1.165) is 45.1 Å². The average molecular weight is 927 g/mol. The molecule has 2 rings (SSSR count). The van der Waals surface area contributed by atoms with E-state index < -0.39 is 67.5 Å². The zero-order chi connectivity index (χ0) is 45.4. The van der Waals surface area contributed by atoms with E-state index in [1.807, 2.05) is 0 Å². The Balaban J connectivity index is 0.0000198. The van der Waals surface area contributed by atoms with Crippen LogP contribution in [0.15, 0.2) is 12.2 Å². The van der Waals surface area contributed by atoms with Crippen molar-refractivity contribution in [2.75, 3.05) is 53.6 Å². The van der Waals surface area contributed by atoms with Gasteiger partial charge in [0.25, 0.3) is 0 Å². The standard InChI is InChI=1S/C49H96NO12.ClH/c1-5-7-9-11-13-15-17-19-20-21-22-24-26-28-30-32-34-59-48-46(56)45(55)43(53)41(62-48)38-60-49-47(57)44(54)42(52)40(61-49)37-58-36-39(51)35-50(3,4)33-31-29-27-25-23-18-16-14-12-10-8-6-2;/h19-20,39-49,51-57H,5-18,21-38H2,1-4H3;1H/q+1;/p-1/b20-19-;/t39?,40-,41-,42-,43-,44+,45+,46-,47-,48-,49+;/m1./s1. The van der Waals surface area contributed by atoms with Crippen LogP contribution in [0.5, 0.6) is 0 Å². The van der Waals surface area contributed by atoms with E-state index in [9.17, 15) is 35.7 Å². The highest BCUT2D eigenvalue weighted by Gasteiger charge is 2.47. The Morgan fingerprint density at radius 3 is 1.37 bits per heavy atom. The van der Waals surface area contributed by atoms with Gasteiger partial charge in [-0.25, -0.2) is 0 Å². The molecule has 0 aromatic rings. The molecule has 2 aliphatic heterocycles. The fourth-order valence-electron chi connectivity index (χ4n) is 8.54. The highest BCUT2D eigenvalue weighted by molar-refractivity contribution is 4.92. The molecular weight excluding hydrogens is 830 g/mol. The smallest absolute Gasteiger partial charge is 0.186 e. The number of aliphatic hydroxyl groups is 7. The molecule has 0 aliphatic carbocycles. The Morgan fingerprint density at radius 2 is 0.889 bits per heavy atom. The molecule has 376 valence electrons. The molecule has 13 nitrogen and oxygen atoms in total. The van der Waals surface area contributed by atoms with Crippen LogP contribution in [0.1, 0.15) is 181 Å². The summed E-state index contributed by atoms with van der Waals surface area (Å²) in [6.45, 7) is 5.70. The zero-order valence-corrected chi connectivity index (χ0v) is 40.9. The molecule has 63 heavy (non-hydrogen) atoms. The van der Waals surface area contributed by atoms with Gasteiger partial charge in [0.2, 0.25) is 0 Å². The SMILES string of the molecule is CCCCCCCC/C=C\CCCCCCCCO[C@@H]1O[C@H](CO[C@H]2O[C@H](COCC(O)C[N+](C)(C)CCCCCCCCCCCCCC)[C@@H](O)[C@H](O)[C@H]2O)[C@@H](O)[C@H](O)[C@H]1O.[Cl-]. The molecule has 0 bridgehead atoms.